The van der Waals surface area contributed by atoms with Crippen molar-refractivity contribution in [3.8, 4) is 0 Å². The Morgan fingerprint density at radius 1 is 1.40 bits per heavy atom. The first-order valence-corrected chi connectivity index (χ1v) is 5.09. The third kappa shape index (κ3) is 2.36. The lowest BCUT2D eigenvalue weighted by atomic mass is 10.0. The van der Waals surface area contributed by atoms with Crippen LogP contribution in [-0.4, -0.2) is 10.5 Å². The van der Waals surface area contributed by atoms with Gasteiger partial charge in [0.2, 0.25) is 0 Å². The minimum absolute atomic E-state index is 0.282. The Bertz CT molecular complexity index is 480. The van der Waals surface area contributed by atoms with E-state index in [1.807, 2.05) is 39.0 Å². The third-order valence-corrected chi connectivity index (χ3v) is 2.20. The molecule has 0 spiro atoms. The molecule has 15 heavy (non-hydrogen) atoms. The first kappa shape index (κ1) is 10.2. The molecule has 0 amide bonds. The van der Waals surface area contributed by atoms with Crippen LogP contribution < -0.4 is 5.73 Å². The molecule has 1 heterocycles. The van der Waals surface area contributed by atoms with E-state index in [4.69, 9.17) is 10.2 Å². The number of aromatic nitrogens is 1. The summed E-state index contributed by atoms with van der Waals surface area (Å²) in [6, 6.07) is 6.00. The number of nitrogens with two attached hydrogens (primary N) is 1. The number of hydrogen-bond acceptors (Lipinski definition) is 3. The number of hydrogen-bond donors (Lipinski definition) is 1. The average molecular weight is 204 g/mol. The molecule has 1 aromatic heterocycles. The third-order valence-electron chi connectivity index (χ3n) is 2.20. The molecule has 2 rings (SSSR count). The first-order valence-electron chi connectivity index (χ1n) is 5.09. The molecular weight excluding hydrogens is 188 g/mol. The Kier molecular flexibility index (Phi) is 2.27. The molecule has 0 aliphatic carbocycles. The number of oxazole rings is 1. The lowest BCUT2D eigenvalue weighted by molar-refractivity contribution is 0.433. The minimum Gasteiger partial charge on any atom is -0.441 e. The van der Waals surface area contributed by atoms with Gasteiger partial charge in [-0.2, -0.15) is 0 Å². The van der Waals surface area contributed by atoms with Crippen LogP contribution in [0.15, 0.2) is 22.6 Å². The Hall–Kier alpha value is -1.35. The molecule has 0 fully saturated rings. The van der Waals surface area contributed by atoms with Crippen LogP contribution in [0.5, 0.6) is 0 Å². The van der Waals surface area contributed by atoms with Crippen molar-refractivity contribution in [3.05, 3.63) is 29.7 Å². The van der Waals surface area contributed by atoms with E-state index in [0.717, 1.165) is 11.1 Å². The van der Waals surface area contributed by atoms with Gasteiger partial charge in [-0.1, -0.05) is 6.07 Å². The van der Waals surface area contributed by atoms with Crippen molar-refractivity contribution in [2.24, 2.45) is 5.73 Å². The SMILES string of the molecule is Cc1ccc2nc(CC(C)(C)N)oc2c1. The van der Waals surface area contributed by atoms with E-state index in [0.29, 0.717) is 12.3 Å². The van der Waals surface area contributed by atoms with Crippen molar-refractivity contribution in [1.29, 1.82) is 0 Å². The highest BCUT2D eigenvalue weighted by Crippen LogP contribution is 2.19. The summed E-state index contributed by atoms with van der Waals surface area (Å²) in [5, 5.41) is 0. The van der Waals surface area contributed by atoms with Crippen LogP contribution in [0.2, 0.25) is 0 Å². The molecule has 2 aromatic rings. The van der Waals surface area contributed by atoms with Gasteiger partial charge in [-0.3, -0.25) is 0 Å². The van der Waals surface area contributed by atoms with Gasteiger partial charge >= 0.3 is 0 Å². The summed E-state index contributed by atoms with van der Waals surface area (Å²) < 4.78 is 5.63. The molecule has 0 saturated carbocycles. The van der Waals surface area contributed by atoms with Gasteiger partial charge in [0.15, 0.2) is 11.5 Å². The summed E-state index contributed by atoms with van der Waals surface area (Å²) in [5.41, 5.74) is 8.56. The van der Waals surface area contributed by atoms with Crippen molar-refractivity contribution in [3.63, 3.8) is 0 Å². The van der Waals surface area contributed by atoms with Crippen LogP contribution in [0.4, 0.5) is 0 Å². The van der Waals surface area contributed by atoms with Gasteiger partial charge in [0.1, 0.15) is 5.52 Å². The molecule has 1 aromatic carbocycles. The van der Waals surface area contributed by atoms with Crippen molar-refractivity contribution >= 4 is 11.1 Å². The van der Waals surface area contributed by atoms with Crippen LogP contribution in [0.3, 0.4) is 0 Å². The van der Waals surface area contributed by atoms with Gasteiger partial charge in [0.25, 0.3) is 0 Å². The number of rotatable bonds is 2. The molecule has 80 valence electrons. The zero-order chi connectivity index (χ0) is 11.1. The van der Waals surface area contributed by atoms with Gasteiger partial charge in [-0.25, -0.2) is 4.98 Å². The second-order valence-electron chi connectivity index (χ2n) is 4.74. The first-order chi connectivity index (χ1) is 6.94. The Morgan fingerprint density at radius 3 is 2.80 bits per heavy atom. The standard InChI is InChI=1S/C12H16N2O/c1-8-4-5-9-10(6-8)15-11(14-9)7-12(2,3)13/h4-6H,7,13H2,1-3H3. The molecule has 0 aliphatic heterocycles. The maximum Gasteiger partial charge on any atom is 0.197 e. The van der Waals surface area contributed by atoms with Gasteiger partial charge < -0.3 is 10.2 Å². The Balaban J connectivity index is 2.39. The summed E-state index contributed by atoms with van der Waals surface area (Å²) in [7, 11) is 0. The predicted molar refractivity (Wildman–Crippen MR) is 60.7 cm³/mol. The Labute approximate surface area is 89.3 Å². The topological polar surface area (TPSA) is 52.0 Å². The number of benzene rings is 1. The van der Waals surface area contributed by atoms with Crippen molar-refractivity contribution in [2.75, 3.05) is 0 Å². The molecule has 2 N–H and O–H groups in total. The lowest BCUT2D eigenvalue weighted by Gasteiger charge is -2.14. The highest BCUT2D eigenvalue weighted by atomic mass is 16.3. The molecule has 0 bridgehead atoms. The Morgan fingerprint density at radius 2 is 2.13 bits per heavy atom. The smallest absolute Gasteiger partial charge is 0.197 e. The van der Waals surface area contributed by atoms with Crippen molar-refractivity contribution < 1.29 is 4.42 Å². The fourth-order valence-corrected chi connectivity index (χ4v) is 1.54. The van der Waals surface area contributed by atoms with Crippen LogP contribution >= 0.6 is 0 Å². The molecule has 0 unspecified atom stereocenters. The molecule has 0 atom stereocenters. The molecule has 3 nitrogen and oxygen atoms in total. The van der Waals surface area contributed by atoms with Gasteiger partial charge in [0, 0.05) is 12.0 Å². The van der Waals surface area contributed by atoms with Crippen molar-refractivity contribution in [2.45, 2.75) is 32.7 Å². The number of fused-ring (bicyclic) bond motifs is 1. The van der Waals surface area contributed by atoms with E-state index in [9.17, 15) is 0 Å². The summed E-state index contributed by atoms with van der Waals surface area (Å²) in [5.74, 6) is 0.711. The average Bonchev–Trinajstić information content (AvgIpc) is 2.42. The summed E-state index contributed by atoms with van der Waals surface area (Å²) >= 11 is 0. The zero-order valence-corrected chi connectivity index (χ0v) is 9.37. The molecule has 0 aliphatic rings. The van der Waals surface area contributed by atoms with E-state index in [-0.39, 0.29) is 5.54 Å². The van der Waals surface area contributed by atoms with Crippen LogP contribution in [0, 0.1) is 6.92 Å². The van der Waals surface area contributed by atoms with Crippen LogP contribution in [0.25, 0.3) is 11.1 Å². The molecule has 3 heteroatoms. The normalized spacial score (nSPS) is 12.3. The summed E-state index contributed by atoms with van der Waals surface area (Å²) in [6.45, 7) is 5.97. The van der Waals surface area contributed by atoms with E-state index >= 15 is 0 Å². The van der Waals surface area contributed by atoms with Gasteiger partial charge in [-0.15, -0.1) is 0 Å². The zero-order valence-electron chi connectivity index (χ0n) is 9.37. The quantitative estimate of drug-likeness (QED) is 0.817. The van der Waals surface area contributed by atoms with E-state index in [1.54, 1.807) is 0 Å². The number of nitrogens with zero attached hydrogens (tertiary/aromatic N) is 1. The maximum absolute atomic E-state index is 5.92. The van der Waals surface area contributed by atoms with E-state index in [1.165, 1.54) is 5.56 Å². The monoisotopic (exact) mass is 204 g/mol. The molecular formula is C12H16N2O. The molecule has 0 radical (unpaired) electrons. The van der Waals surface area contributed by atoms with Gasteiger partial charge in [-0.05, 0) is 38.5 Å². The maximum atomic E-state index is 5.92. The lowest BCUT2D eigenvalue weighted by Crippen LogP contribution is -2.34. The van der Waals surface area contributed by atoms with Crippen LogP contribution in [-0.2, 0) is 6.42 Å². The van der Waals surface area contributed by atoms with Crippen molar-refractivity contribution in [1.82, 2.24) is 4.98 Å². The second kappa shape index (κ2) is 3.35. The molecule has 0 saturated heterocycles. The second-order valence-corrected chi connectivity index (χ2v) is 4.74. The fourth-order valence-electron chi connectivity index (χ4n) is 1.54. The van der Waals surface area contributed by atoms with Crippen LogP contribution in [0.1, 0.15) is 25.3 Å². The van der Waals surface area contributed by atoms with E-state index in [2.05, 4.69) is 4.98 Å². The van der Waals surface area contributed by atoms with Gasteiger partial charge in [0.05, 0.1) is 0 Å². The summed E-state index contributed by atoms with van der Waals surface area (Å²) in [4.78, 5) is 4.39. The highest BCUT2D eigenvalue weighted by molar-refractivity contribution is 5.73. The largest absolute Gasteiger partial charge is 0.441 e. The number of aryl methyl sites for hydroxylation is 1. The predicted octanol–water partition coefficient (Wildman–Crippen LogP) is 2.42. The van der Waals surface area contributed by atoms with E-state index < -0.39 is 0 Å². The minimum atomic E-state index is -0.282. The highest BCUT2D eigenvalue weighted by Gasteiger charge is 2.16. The summed E-state index contributed by atoms with van der Waals surface area (Å²) in [6.07, 6.45) is 0.653. The fraction of sp³-hybridized carbons (Fsp3) is 0.417.